The van der Waals surface area contributed by atoms with Crippen molar-refractivity contribution in [2.75, 3.05) is 0 Å². The van der Waals surface area contributed by atoms with Crippen LogP contribution in [0.4, 0.5) is 0 Å². The Morgan fingerprint density at radius 3 is 1.07 bits per heavy atom. The Bertz CT molecular complexity index is 2830. The molecule has 56 heavy (non-hydrogen) atoms. The zero-order chi connectivity index (χ0) is 38.5. The van der Waals surface area contributed by atoms with E-state index in [1.165, 1.54) is 0 Å². The number of ether oxygens (including phenoxy) is 2. The van der Waals surface area contributed by atoms with Crippen LogP contribution in [0.15, 0.2) is 133 Å². The summed E-state index contributed by atoms with van der Waals surface area (Å²) >= 11 is 0. The van der Waals surface area contributed by atoms with Gasteiger partial charge in [-0.3, -0.25) is 0 Å². The Labute approximate surface area is 322 Å². The average Bonchev–Trinajstić information content (AvgIpc) is 3.21. The van der Waals surface area contributed by atoms with Gasteiger partial charge in [-0.2, -0.15) is 0 Å². The van der Waals surface area contributed by atoms with Crippen molar-refractivity contribution in [3.63, 3.8) is 0 Å². The van der Waals surface area contributed by atoms with Crippen LogP contribution in [0.2, 0.25) is 0 Å². The lowest BCUT2D eigenvalue weighted by molar-refractivity contribution is 0.0719. The predicted molar refractivity (Wildman–Crippen MR) is 220 cm³/mol. The molecule has 0 fully saturated rings. The van der Waals surface area contributed by atoms with Crippen LogP contribution < -0.4 is 9.47 Å². The Hall–Kier alpha value is -7.32. The summed E-state index contributed by atoms with van der Waals surface area (Å²) in [6, 6.07) is 42.0. The van der Waals surface area contributed by atoms with Crippen molar-refractivity contribution in [2.24, 2.45) is 0 Å². The number of pyridine rings is 4. The molecular weight excluding hydrogens is 697 g/mol. The maximum Gasteiger partial charge on any atom is 0.362 e. The summed E-state index contributed by atoms with van der Waals surface area (Å²) in [5.74, 6) is -0.133. The van der Waals surface area contributed by atoms with Crippen LogP contribution in [0.3, 0.4) is 0 Å². The van der Waals surface area contributed by atoms with E-state index in [0.29, 0.717) is 33.6 Å². The van der Waals surface area contributed by atoms with E-state index >= 15 is 0 Å². The van der Waals surface area contributed by atoms with Crippen molar-refractivity contribution in [1.29, 1.82) is 0 Å². The first-order valence-corrected chi connectivity index (χ1v) is 18.3. The number of esters is 2. The molecule has 0 aliphatic heterocycles. The van der Waals surface area contributed by atoms with Gasteiger partial charge in [0.05, 0.1) is 33.5 Å². The van der Waals surface area contributed by atoms with Crippen molar-refractivity contribution in [3.8, 4) is 34.0 Å². The third kappa shape index (κ3) is 6.27. The third-order valence-corrected chi connectivity index (χ3v) is 10.1. The third-order valence-electron chi connectivity index (χ3n) is 10.1. The molecule has 0 N–H and O–H groups in total. The van der Waals surface area contributed by atoms with Gasteiger partial charge < -0.3 is 9.47 Å². The van der Waals surface area contributed by atoms with E-state index in [-0.39, 0.29) is 11.4 Å². The van der Waals surface area contributed by atoms with Crippen LogP contribution in [-0.2, 0) is 0 Å². The molecule has 0 amide bonds. The number of hydrogen-bond acceptors (Lipinski definition) is 8. The van der Waals surface area contributed by atoms with Crippen LogP contribution >= 0.6 is 0 Å². The number of aryl methyl sites for hydroxylation is 4. The Morgan fingerprint density at radius 1 is 0.393 bits per heavy atom. The molecule has 4 aromatic heterocycles. The summed E-state index contributed by atoms with van der Waals surface area (Å²) in [5.41, 5.74) is 10.5. The molecule has 0 saturated heterocycles. The molecule has 0 aliphatic carbocycles. The molecule has 0 spiro atoms. The fourth-order valence-electron chi connectivity index (χ4n) is 7.24. The summed E-state index contributed by atoms with van der Waals surface area (Å²) < 4.78 is 11.2. The van der Waals surface area contributed by atoms with E-state index in [1.807, 2.05) is 86.6 Å². The highest BCUT2D eigenvalue weighted by Crippen LogP contribution is 2.34. The maximum atomic E-state index is 13.2. The summed E-state index contributed by atoms with van der Waals surface area (Å²) in [7, 11) is 0. The molecule has 8 nitrogen and oxygen atoms in total. The first-order chi connectivity index (χ1) is 27.2. The number of aromatic nitrogens is 4. The standard InChI is InChI=1S/C48H34N4O4/c1-27-23-39(49-43-35(27)19-21-37-29(3)25-41(51-45(37)43)47(53)55-33-11-7-5-8-12-33)31-15-17-32(18-16-31)40-24-28(2)36-20-22-38-30(4)26-42(52-46(38)44(36)50-40)48(54)56-34-13-9-6-10-14-34/h5-26H,1-4H3. The second kappa shape index (κ2) is 13.8. The lowest BCUT2D eigenvalue weighted by atomic mass is 9.99. The van der Waals surface area contributed by atoms with Gasteiger partial charge in [-0.1, -0.05) is 84.9 Å². The Balaban J connectivity index is 1.08. The second-order valence-electron chi connectivity index (χ2n) is 14.0. The number of hydrogen-bond donors (Lipinski definition) is 0. The molecule has 8 heteroatoms. The fraction of sp³-hybridized carbons (Fsp3) is 0.0833. The molecule has 5 aromatic carbocycles. The first kappa shape index (κ1) is 34.4. The minimum absolute atomic E-state index is 0.222. The molecule has 9 rings (SSSR count). The average molecular weight is 731 g/mol. The number of benzene rings is 5. The number of carbonyl (C=O) groups is 2. The SMILES string of the molecule is Cc1cc(C(=O)Oc2ccccc2)nc2c1ccc1c(C)cc(-c3ccc(-c4cc(C)c5ccc6c(C)cc(C(=O)Oc7ccccc7)nc6c5n4)cc3)nc12. The van der Waals surface area contributed by atoms with Crippen LogP contribution in [-0.4, -0.2) is 31.9 Å². The van der Waals surface area contributed by atoms with Crippen LogP contribution in [0.1, 0.15) is 43.2 Å². The largest absolute Gasteiger partial charge is 0.422 e. The number of carbonyl (C=O) groups excluding carboxylic acids is 2. The minimum Gasteiger partial charge on any atom is -0.422 e. The Morgan fingerprint density at radius 2 is 0.714 bits per heavy atom. The lowest BCUT2D eigenvalue weighted by Gasteiger charge is -2.13. The zero-order valence-electron chi connectivity index (χ0n) is 31.1. The lowest BCUT2D eigenvalue weighted by Crippen LogP contribution is -2.11. The van der Waals surface area contributed by atoms with Crippen molar-refractivity contribution in [3.05, 3.63) is 167 Å². The molecule has 0 saturated carbocycles. The van der Waals surface area contributed by atoms with Gasteiger partial charge in [0.2, 0.25) is 0 Å². The summed E-state index contributed by atoms with van der Waals surface area (Å²) in [6.07, 6.45) is 0. The number of rotatable bonds is 6. The van der Waals surface area contributed by atoms with E-state index in [9.17, 15) is 9.59 Å². The van der Waals surface area contributed by atoms with Crippen LogP contribution in [0.5, 0.6) is 11.5 Å². The van der Waals surface area contributed by atoms with E-state index in [2.05, 4.69) is 38.1 Å². The van der Waals surface area contributed by atoms with Gasteiger partial charge in [0.15, 0.2) is 0 Å². The summed E-state index contributed by atoms with van der Waals surface area (Å²) in [6.45, 7) is 8.05. The van der Waals surface area contributed by atoms with Crippen molar-refractivity contribution in [1.82, 2.24) is 19.9 Å². The quantitative estimate of drug-likeness (QED) is 0.0946. The number of nitrogens with zero attached hydrogens (tertiary/aromatic N) is 4. The highest BCUT2D eigenvalue weighted by atomic mass is 16.5. The molecule has 0 aliphatic rings. The van der Waals surface area contributed by atoms with Gasteiger partial charge in [-0.25, -0.2) is 29.5 Å². The van der Waals surface area contributed by atoms with Gasteiger partial charge in [0, 0.05) is 32.7 Å². The van der Waals surface area contributed by atoms with E-state index in [0.717, 1.165) is 66.3 Å². The minimum atomic E-state index is -0.524. The molecule has 9 aromatic rings. The molecule has 0 bridgehead atoms. The van der Waals surface area contributed by atoms with Crippen molar-refractivity contribution < 1.29 is 19.1 Å². The second-order valence-corrected chi connectivity index (χ2v) is 14.0. The number of fused-ring (bicyclic) bond motifs is 6. The highest BCUT2D eigenvalue weighted by Gasteiger charge is 2.19. The van der Waals surface area contributed by atoms with Crippen molar-refractivity contribution >= 4 is 55.6 Å². The first-order valence-electron chi connectivity index (χ1n) is 18.3. The molecule has 0 atom stereocenters. The summed E-state index contributed by atoms with van der Waals surface area (Å²) in [5, 5.41) is 3.76. The maximum absolute atomic E-state index is 13.2. The van der Waals surface area contributed by atoms with Gasteiger partial charge in [-0.15, -0.1) is 0 Å². The topological polar surface area (TPSA) is 104 Å². The van der Waals surface area contributed by atoms with Gasteiger partial charge in [-0.05, 0) is 98.5 Å². The van der Waals surface area contributed by atoms with Gasteiger partial charge in [0.25, 0.3) is 0 Å². The highest BCUT2D eigenvalue weighted by molar-refractivity contribution is 6.08. The monoisotopic (exact) mass is 730 g/mol. The predicted octanol–water partition coefficient (Wildman–Crippen LogP) is 10.9. The fourth-order valence-corrected chi connectivity index (χ4v) is 7.24. The van der Waals surface area contributed by atoms with Crippen LogP contribution in [0, 0.1) is 27.7 Å². The Kier molecular flexibility index (Phi) is 8.51. The normalized spacial score (nSPS) is 11.4. The van der Waals surface area contributed by atoms with Crippen molar-refractivity contribution in [2.45, 2.75) is 27.7 Å². The summed E-state index contributed by atoms with van der Waals surface area (Å²) in [4.78, 5) is 46.3. The molecule has 0 radical (unpaired) electrons. The molecule has 270 valence electrons. The molecular formula is C48H34N4O4. The van der Waals surface area contributed by atoms with Gasteiger partial charge >= 0.3 is 11.9 Å². The number of para-hydroxylation sites is 2. The molecule has 0 unspecified atom stereocenters. The van der Waals surface area contributed by atoms with Gasteiger partial charge in [0.1, 0.15) is 22.9 Å². The van der Waals surface area contributed by atoms with E-state index < -0.39 is 11.9 Å². The molecule has 4 heterocycles. The van der Waals surface area contributed by atoms with E-state index in [4.69, 9.17) is 29.4 Å². The van der Waals surface area contributed by atoms with Crippen LogP contribution in [0.25, 0.3) is 66.1 Å². The smallest absolute Gasteiger partial charge is 0.362 e. The van der Waals surface area contributed by atoms with E-state index in [1.54, 1.807) is 36.4 Å². The zero-order valence-corrected chi connectivity index (χ0v) is 31.1.